The zero-order valence-corrected chi connectivity index (χ0v) is 23.0. The monoisotopic (exact) mass is 502 g/mol. The van der Waals surface area contributed by atoms with Gasteiger partial charge in [0.25, 0.3) is 0 Å². The molecule has 188 valence electrons. The fourth-order valence-corrected chi connectivity index (χ4v) is 6.14. The Morgan fingerprint density at radius 1 is 0.618 bits per heavy atom. The van der Waals surface area contributed by atoms with Crippen molar-refractivity contribution in [3.05, 3.63) is 69.7 Å². The van der Waals surface area contributed by atoms with Crippen LogP contribution in [0.5, 0.6) is 0 Å². The fourth-order valence-electron chi connectivity index (χ4n) is 5.89. The zero-order valence-electron chi connectivity index (χ0n) is 21.5. The standard InChI is InChI=1S/2C15H22ClN/c2*1-11(2)10-14(17)15(8-3-9-15)12-4-6-13(16)7-5-12/h2*4-7,11,14H,3,8-10,17H2,1-2H3/t2*14-/m10/s1. The van der Waals surface area contributed by atoms with Crippen LogP contribution in [0.1, 0.15) is 90.2 Å². The molecule has 0 aliphatic heterocycles. The van der Waals surface area contributed by atoms with Crippen LogP contribution in [0.25, 0.3) is 0 Å². The Morgan fingerprint density at radius 3 is 1.12 bits per heavy atom. The minimum atomic E-state index is 0.217. The van der Waals surface area contributed by atoms with Gasteiger partial charge in [-0.3, -0.25) is 0 Å². The van der Waals surface area contributed by atoms with Crippen LogP contribution < -0.4 is 11.5 Å². The third kappa shape index (κ3) is 6.19. The zero-order chi connectivity index (χ0) is 24.9. The molecule has 2 aromatic carbocycles. The van der Waals surface area contributed by atoms with Crippen LogP contribution in [0.15, 0.2) is 48.5 Å². The highest BCUT2D eigenvalue weighted by atomic mass is 35.5. The van der Waals surface area contributed by atoms with Crippen molar-refractivity contribution in [2.45, 2.75) is 102 Å². The number of rotatable bonds is 8. The van der Waals surface area contributed by atoms with Gasteiger partial charge in [-0.05, 0) is 85.8 Å². The molecular formula is C30H44Cl2N2. The maximum absolute atomic E-state index is 6.45. The molecule has 2 nitrogen and oxygen atoms in total. The van der Waals surface area contributed by atoms with Crippen LogP contribution in [-0.2, 0) is 10.8 Å². The van der Waals surface area contributed by atoms with E-state index in [1.165, 1.54) is 49.7 Å². The number of nitrogens with two attached hydrogens (primary N) is 2. The maximum atomic E-state index is 6.45. The van der Waals surface area contributed by atoms with E-state index in [1.54, 1.807) is 0 Å². The molecule has 0 unspecified atom stereocenters. The van der Waals surface area contributed by atoms with Gasteiger partial charge in [0.2, 0.25) is 0 Å². The van der Waals surface area contributed by atoms with Crippen LogP contribution in [0.2, 0.25) is 10.0 Å². The predicted molar refractivity (Wildman–Crippen MR) is 149 cm³/mol. The summed E-state index contributed by atoms with van der Waals surface area (Å²) in [5.41, 5.74) is 16.1. The van der Waals surface area contributed by atoms with E-state index in [0.29, 0.717) is 11.8 Å². The highest BCUT2D eigenvalue weighted by Gasteiger charge is 2.44. The van der Waals surface area contributed by atoms with Gasteiger partial charge in [0.1, 0.15) is 0 Å². The summed E-state index contributed by atoms with van der Waals surface area (Å²) in [6.07, 6.45) is 9.70. The SMILES string of the molecule is CC(C)C[C@@H](N)C1(c2ccc(Cl)cc2)CCC1.CC(C)C[C@H](N)C1(c2ccc(Cl)cc2)CCC1. The minimum absolute atomic E-state index is 0.217. The van der Waals surface area contributed by atoms with Gasteiger partial charge >= 0.3 is 0 Å². The summed E-state index contributed by atoms with van der Waals surface area (Å²) in [6, 6.07) is 17.1. The summed E-state index contributed by atoms with van der Waals surface area (Å²) in [5, 5.41) is 1.61. The lowest BCUT2D eigenvalue weighted by atomic mass is 9.59. The molecular weight excluding hydrogens is 459 g/mol. The van der Waals surface area contributed by atoms with Gasteiger partial charge in [-0.1, -0.05) is 88.0 Å². The molecule has 4 heteroatoms. The number of halogens is 2. The fraction of sp³-hybridized carbons (Fsp3) is 0.600. The Balaban J connectivity index is 0.000000191. The predicted octanol–water partition coefficient (Wildman–Crippen LogP) is 8.27. The molecule has 0 saturated heterocycles. The number of benzene rings is 2. The van der Waals surface area contributed by atoms with Crippen molar-refractivity contribution in [3.63, 3.8) is 0 Å². The summed E-state index contributed by atoms with van der Waals surface area (Å²) in [4.78, 5) is 0. The Hall–Kier alpha value is -1.06. The van der Waals surface area contributed by atoms with Gasteiger partial charge in [-0.25, -0.2) is 0 Å². The third-order valence-corrected chi connectivity index (χ3v) is 8.70. The molecule has 0 spiro atoms. The van der Waals surface area contributed by atoms with Gasteiger partial charge in [0.15, 0.2) is 0 Å². The van der Waals surface area contributed by atoms with Gasteiger partial charge in [-0.15, -0.1) is 0 Å². The lowest BCUT2D eigenvalue weighted by Gasteiger charge is -2.47. The quantitative estimate of drug-likeness (QED) is 0.381. The molecule has 4 N–H and O–H groups in total. The molecule has 0 amide bonds. The maximum Gasteiger partial charge on any atom is 0.0406 e. The Labute approximate surface area is 217 Å². The third-order valence-electron chi connectivity index (χ3n) is 8.20. The Morgan fingerprint density at radius 2 is 0.912 bits per heavy atom. The molecule has 34 heavy (non-hydrogen) atoms. The molecule has 0 radical (unpaired) electrons. The molecule has 0 bridgehead atoms. The van der Waals surface area contributed by atoms with Gasteiger partial charge in [-0.2, -0.15) is 0 Å². The van der Waals surface area contributed by atoms with Crippen molar-refractivity contribution in [2.24, 2.45) is 23.3 Å². The summed E-state index contributed by atoms with van der Waals surface area (Å²) >= 11 is 11.9. The second-order valence-corrected chi connectivity index (χ2v) is 12.4. The van der Waals surface area contributed by atoms with Gasteiger partial charge in [0, 0.05) is 33.0 Å². The molecule has 4 rings (SSSR count). The van der Waals surface area contributed by atoms with Crippen molar-refractivity contribution >= 4 is 23.2 Å². The molecule has 0 aromatic heterocycles. The Kier molecular flexibility index (Phi) is 9.54. The molecule has 0 heterocycles. The van der Waals surface area contributed by atoms with E-state index < -0.39 is 0 Å². The highest BCUT2D eigenvalue weighted by molar-refractivity contribution is 6.30. The van der Waals surface area contributed by atoms with Gasteiger partial charge in [0.05, 0.1) is 0 Å². The van der Waals surface area contributed by atoms with E-state index >= 15 is 0 Å². The summed E-state index contributed by atoms with van der Waals surface area (Å²) in [6.45, 7) is 8.98. The minimum Gasteiger partial charge on any atom is -0.327 e. The normalized spacial score (nSPS) is 20.1. The summed E-state index contributed by atoms with van der Waals surface area (Å²) < 4.78 is 0. The summed E-state index contributed by atoms with van der Waals surface area (Å²) in [5.74, 6) is 1.32. The molecule has 2 saturated carbocycles. The molecule has 2 fully saturated rings. The van der Waals surface area contributed by atoms with Crippen LogP contribution in [0.3, 0.4) is 0 Å². The summed E-state index contributed by atoms with van der Waals surface area (Å²) in [7, 11) is 0. The lowest BCUT2D eigenvalue weighted by molar-refractivity contribution is 0.178. The van der Waals surface area contributed by atoms with Crippen molar-refractivity contribution < 1.29 is 0 Å². The van der Waals surface area contributed by atoms with E-state index in [0.717, 1.165) is 22.9 Å². The van der Waals surface area contributed by atoms with Crippen molar-refractivity contribution in [1.29, 1.82) is 0 Å². The van der Waals surface area contributed by atoms with Crippen LogP contribution in [-0.4, -0.2) is 12.1 Å². The first-order valence-electron chi connectivity index (χ1n) is 13.1. The van der Waals surface area contributed by atoms with Crippen LogP contribution in [0.4, 0.5) is 0 Å². The molecule has 2 atom stereocenters. The van der Waals surface area contributed by atoms with E-state index in [9.17, 15) is 0 Å². The average molecular weight is 504 g/mol. The van der Waals surface area contributed by atoms with Crippen LogP contribution in [0, 0.1) is 11.8 Å². The topological polar surface area (TPSA) is 52.0 Å². The van der Waals surface area contributed by atoms with Crippen molar-refractivity contribution in [3.8, 4) is 0 Å². The van der Waals surface area contributed by atoms with Crippen LogP contribution >= 0.6 is 23.2 Å². The van der Waals surface area contributed by atoms with Crippen molar-refractivity contribution in [2.75, 3.05) is 0 Å². The first kappa shape index (κ1) is 27.5. The van der Waals surface area contributed by atoms with E-state index in [-0.39, 0.29) is 22.9 Å². The smallest absolute Gasteiger partial charge is 0.0406 e. The number of hydrogen-bond donors (Lipinski definition) is 2. The van der Waals surface area contributed by atoms with E-state index in [4.69, 9.17) is 34.7 Å². The largest absolute Gasteiger partial charge is 0.327 e. The Bertz CT molecular complexity index is 806. The second-order valence-electron chi connectivity index (χ2n) is 11.5. The molecule has 2 aromatic rings. The number of hydrogen-bond acceptors (Lipinski definition) is 2. The van der Waals surface area contributed by atoms with Gasteiger partial charge < -0.3 is 11.5 Å². The second kappa shape index (κ2) is 11.8. The lowest BCUT2D eigenvalue weighted by Crippen LogP contribution is -2.50. The van der Waals surface area contributed by atoms with E-state index in [2.05, 4.69) is 52.0 Å². The first-order chi connectivity index (χ1) is 16.1. The van der Waals surface area contributed by atoms with Crippen molar-refractivity contribution in [1.82, 2.24) is 0 Å². The highest BCUT2D eigenvalue weighted by Crippen LogP contribution is 2.48. The molecule has 2 aliphatic rings. The first-order valence-corrected chi connectivity index (χ1v) is 13.9. The molecule has 2 aliphatic carbocycles. The van der Waals surface area contributed by atoms with E-state index in [1.807, 2.05) is 24.3 Å². The average Bonchev–Trinajstić information content (AvgIpc) is 2.68.